The predicted molar refractivity (Wildman–Crippen MR) is 83.7 cm³/mol. The van der Waals surface area contributed by atoms with Crippen molar-refractivity contribution in [3.8, 4) is 16.3 Å². The molecule has 1 aromatic heterocycles. The zero-order chi connectivity index (χ0) is 14.8. The van der Waals surface area contributed by atoms with Gasteiger partial charge in [-0.2, -0.15) is 0 Å². The maximum atomic E-state index is 14.2. The van der Waals surface area contributed by atoms with Gasteiger partial charge in [0.15, 0.2) is 0 Å². The van der Waals surface area contributed by atoms with Crippen LogP contribution in [0.4, 0.5) is 4.39 Å². The number of aryl methyl sites for hydroxylation is 1. The van der Waals surface area contributed by atoms with Gasteiger partial charge < -0.3 is 10.1 Å². The third-order valence-electron chi connectivity index (χ3n) is 3.93. The highest BCUT2D eigenvalue weighted by atomic mass is 32.1. The van der Waals surface area contributed by atoms with E-state index in [1.165, 1.54) is 17.4 Å². The van der Waals surface area contributed by atoms with Gasteiger partial charge in [0, 0.05) is 29.0 Å². The smallest absolute Gasteiger partial charge is 0.137 e. The monoisotopic (exact) mass is 306 g/mol. The first-order chi connectivity index (χ1) is 10.2. The van der Waals surface area contributed by atoms with Crippen LogP contribution < -0.4 is 10.1 Å². The average Bonchev–Trinajstić information content (AvgIpc) is 2.92. The fourth-order valence-corrected chi connectivity index (χ4v) is 4.08. The molecular formula is C16H19FN2OS. The summed E-state index contributed by atoms with van der Waals surface area (Å²) in [6.45, 7) is 0.932. The van der Waals surface area contributed by atoms with Gasteiger partial charge in [0.25, 0.3) is 0 Å². The highest BCUT2D eigenvalue weighted by Crippen LogP contribution is 2.39. The minimum atomic E-state index is -0.273. The summed E-state index contributed by atoms with van der Waals surface area (Å²) in [6, 6.07) is 4.95. The van der Waals surface area contributed by atoms with E-state index < -0.39 is 0 Å². The van der Waals surface area contributed by atoms with Gasteiger partial charge in [-0.15, -0.1) is 11.3 Å². The van der Waals surface area contributed by atoms with E-state index in [0.717, 1.165) is 30.1 Å². The summed E-state index contributed by atoms with van der Waals surface area (Å²) in [7, 11) is 3.50. The molecule has 0 amide bonds. The Morgan fingerprint density at radius 1 is 1.48 bits per heavy atom. The van der Waals surface area contributed by atoms with E-state index in [1.54, 1.807) is 30.6 Å². The zero-order valence-corrected chi connectivity index (χ0v) is 13.1. The zero-order valence-electron chi connectivity index (χ0n) is 12.3. The van der Waals surface area contributed by atoms with Crippen LogP contribution in [0.1, 0.15) is 29.3 Å². The number of halogens is 1. The molecule has 1 aliphatic rings. The van der Waals surface area contributed by atoms with Crippen molar-refractivity contribution in [2.24, 2.45) is 0 Å². The molecule has 3 rings (SSSR count). The number of aromatic nitrogens is 1. The Balaban J connectivity index is 1.97. The number of hydrogen-bond donors (Lipinski definition) is 1. The number of fused-ring (bicyclic) bond motifs is 1. The predicted octanol–water partition coefficient (Wildman–Crippen LogP) is 3.60. The number of methoxy groups -OCH3 is 1. The molecule has 0 radical (unpaired) electrons. The Bertz CT molecular complexity index is 641. The summed E-state index contributed by atoms with van der Waals surface area (Å²) in [4.78, 5) is 6.05. The minimum absolute atomic E-state index is 0.273. The molecule has 0 aliphatic heterocycles. The first-order valence-corrected chi connectivity index (χ1v) is 8.02. The maximum absolute atomic E-state index is 14.2. The van der Waals surface area contributed by atoms with Crippen molar-refractivity contribution in [3.05, 3.63) is 34.6 Å². The number of benzene rings is 1. The Labute approximate surface area is 128 Å². The largest absolute Gasteiger partial charge is 0.497 e. The quantitative estimate of drug-likeness (QED) is 0.937. The standard InChI is InChI=1S/C16H19FN2OS/c1-18-9-10-4-3-5-14-15(10)19-16(21-14)12-7-6-11(20-2)8-13(12)17/h6-8,10,18H,3-5,9H2,1-2H3. The van der Waals surface area contributed by atoms with Crippen LogP contribution in [0.5, 0.6) is 5.75 Å². The van der Waals surface area contributed by atoms with Gasteiger partial charge in [-0.1, -0.05) is 0 Å². The molecule has 0 bridgehead atoms. The van der Waals surface area contributed by atoms with Crippen molar-refractivity contribution < 1.29 is 9.13 Å². The van der Waals surface area contributed by atoms with Gasteiger partial charge in [-0.25, -0.2) is 9.37 Å². The van der Waals surface area contributed by atoms with Gasteiger partial charge in [0.05, 0.1) is 12.8 Å². The summed E-state index contributed by atoms with van der Waals surface area (Å²) >= 11 is 1.63. The molecule has 1 aliphatic carbocycles. The fraction of sp³-hybridized carbons (Fsp3) is 0.438. The molecule has 5 heteroatoms. The second-order valence-corrected chi connectivity index (χ2v) is 6.40. The molecule has 0 saturated heterocycles. The van der Waals surface area contributed by atoms with Crippen LogP contribution in [0.2, 0.25) is 0 Å². The van der Waals surface area contributed by atoms with Gasteiger partial charge >= 0.3 is 0 Å². The van der Waals surface area contributed by atoms with E-state index in [2.05, 4.69) is 5.32 Å². The lowest BCUT2D eigenvalue weighted by Crippen LogP contribution is -2.20. The van der Waals surface area contributed by atoms with Gasteiger partial charge in [-0.05, 0) is 38.4 Å². The highest BCUT2D eigenvalue weighted by Gasteiger charge is 2.25. The second-order valence-electron chi connectivity index (χ2n) is 5.32. The van der Waals surface area contributed by atoms with E-state index >= 15 is 0 Å². The van der Waals surface area contributed by atoms with Crippen molar-refractivity contribution >= 4 is 11.3 Å². The second kappa shape index (κ2) is 6.12. The molecule has 112 valence electrons. The Hall–Kier alpha value is -1.46. The lowest BCUT2D eigenvalue weighted by Gasteiger charge is -2.20. The number of likely N-dealkylation sites (N-methyl/N-ethyl adjacent to an activating group) is 1. The number of nitrogens with zero attached hydrogens (tertiary/aromatic N) is 1. The SMILES string of the molecule is CNCC1CCCc2sc(-c3ccc(OC)cc3F)nc21. The van der Waals surface area contributed by atoms with Gasteiger partial charge in [-0.3, -0.25) is 0 Å². The summed E-state index contributed by atoms with van der Waals surface area (Å²) in [5.74, 6) is 0.710. The summed E-state index contributed by atoms with van der Waals surface area (Å²) in [5.41, 5.74) is 1.73. The molecule has 1 atom stereocenters. The van der Waals surface area contributed by atoms with Crippen LogP contribution in [0.15, 0.2) is 18.2 Å². The van der Waals surface area contributed by atoms with Crippen molar-refractivity contribution in [3.63, 3.8) is 0 Å². The van der Waals surface area contributed by atoms with Crippen LogP contribution >= 0.6 is 11.3 Å². The Kier molecular flexibility index (Phi) is 4.22. The Morgan fingerprint density at radius 2 is 2.33 bits per heavy atom. The van der Waals surface area contributed by atoms with Crippen molar-refractivity contribution in [2.75, 3.05) is 20.7 Å². The molecule has 3 nitrogen and oxygen atoms in total. The molecule has 1 heterocycles. The van der Waals surface area contributed by atoms with Crippen LogP contribution in [-0.2, 0) is 6.42 Å². The molecular weight excluding hydrogens is 287 g/mol. The topological polar surface area (TPSA) is 34.1 Å². The molecule has 21 heavy (non-hydrogen) atoms. The lowest BCUT2D eigenvalue weighted by atomic mass is 9.91. The minimum Gasteiger partial charge on any atom is -0.497 e. The number of nitrogens with one attached hydrogen (secondary N) is 1. The fourth-order valence-electron chi connectivity index (χ4n) is 2.86. The van der Waals surface area contributed by atoms with E-state index in [9.17, 15) is 4.39 Å². The maximum Gasteiger partial charge on any atom is 0.137 e. The van der Waals surface area contributed by atoms with E-state index in [0.29, 0.717) is 17.2 Å². The Morgan fingerprint density at radius 3 is 3.05 bits per heavy atom. The summed E-state index contributed by atoms with van der Waals surface area (Å²) in [5, 5.41) is 4.01. The molecule has 0 fully saturated rings. The van der Waals surface area contributed by atoms with E-state index in [4.69, 9.17) is 9.72 Å². The van der Waals surface area contributed by atoms with Crippen LogP contribution in [0.25, 0.3) is 10.6 Å². The summed E-state index contributed by atoms with van der Waals surface area (Å²) < 4.78 is 19.3. The molecule has 1 aromatic carbocycles. The molecule has 1 N–H and O–H groups in total. The number of ether oxygens (including phenoxy) is 1. The summed E-state index contributed by atoms with van der Waals surface area (Å²) in [6.07, 6.45) is 3.40. The van der Waals surface area contributed by atoms with Crippen molar-refractivity contribution in [1.82, 2.24) is 10.3 Å². The average molecular weight is 306 g/mol. The normalized spacial score (nSPS) is 17.6. The third-order valence-corrected chi connectivity index (χ3v) is 5.09. The third kappa shape index (κ3) is 2.80. The first kappa shape index (κ1) is 14.5. The van der Waals surface area contributed by atoms with Crippen LogP contribution in [0.3, 0.4) is 0 Å². The number of rotatable bonds is 4. The van der Waals surface area contributed by atoms with E-state index in [-0.39, 0.29) is 5.82 Å². The van der Waals surface area contributed by atoms with Crippen molar-refractivity contribution in [2.45, 2.75) is 25.2 Å². The lowest BCUT2D eigenvalue weighted by molar-refractivity contribution is 0.411. The van der Waals surface area contributed by atoms with Gasteiger partial charge in [0.2, 0.25) is 0 Å². The number of hydrogen-bond acceptors (Lipinski definition) is 4. The highest BCUT2D eigenvalue weighted by molar-refractivity contribution is 7.15. The molecule has 2 aromatic rings. The molecule has 1 unspecified atom stereocenters. The molecule has 0 spiro atoms. The van der Waals surface area contributed by atoms with Crippen LogP contribution in [-0.4, -0.2) is 25.7 Å². The molecule has 0 saturated carbocycles. The van der Waals surface area contributed by atoms with Crippen LogP contribution in [0, 0.1) is 5.82 Å². The van der Waals surface area contributed by atoms with E-state index in [1.807, 2.05) is 7.05 Å². The van der Waals surface area contributed by atoms with Gasteiger partial charge in [0.1, 0.15) is 16.6 Å². The number of thiazole rings is 1. The first-order valence-electron chi connectivity index (χ1n) is 7.21. The van der Waals surface area contributed by atoms with Crippen molar-refractivity contribution in [1.29, 1.82) is 0 Å².